The van der Waals surface area contributed by atoms with Gasteiger partial charge in [-0.25, -0.2) is 0 Å². The van der Waals surface area contributed by atoms with Crippen LogP contribution in [0.1, 0.15) is 44.9 Å². The lowest BCUT2D eigenvalue weighted by Crippen LogP contribution is -2.43. The van der Waals surface area contributed by atoms with E-state index in [9.17, 15) is 0 Å². The van der Waals surface area contributed by atoms with Crippen LogP contribution < -0.4 is 5.32 Å². The zero-order valence-electron chi connectivity index (χ0n) is 11.7. The van der Waals surface area contributed by atoms with Crippen LogP contribution in [0.4, 0.5) is 0 Å². The maximum atomic E-state index is 5.74. The molecule has 1 saturated heterocycles. The van der Waals surface area contributed by atoms with E-state index in [4.69, 9.17) is 4.74 Å². The number of aryl methyl sites for hydroxylation is 1. The summed E-state index contributed by atoms with van der Waals surface area (Å²) in [4.78, 5) is 4.48. The maximum Gasteiger partial charge on any atom is 0.0641 e. The molecule has 1 fully saturated rings. The first-order valence-electron chi connectivity index (χ1n) is 6.91. The van der Waals surface area contributed by atoms with Crippen LogP contribution in [-0.2, 0) is 17.7 Å². The summed E-state index contributed by atoms with van der Waals surface area (Å²) < 4.78 is 5.74. The Labute approximate surface area is 110 Å². The summed E-state index contributed by atoms with van der Waals surface area (Å²) in [6.07, 6.45) is 5.09. The summed E-state index contributed by atoms with van der Waals surface area (Å²) in [5, 5.41) is 3.63. The van der Waals surface area contributed by atoms with Crippen LogP contribution >= 0.6 is 0 Å². The van der Waals surface area contributed by atoms with Crippen LogP contribution in [0, 0.1) is 0 Å². The molecule has 2 heterocycles. The third-order valence-corrected chi connectivity index (χ3v) is 3.62. The van der Waals surface area contributed by atoms with Crippen LogP contribution in [0.2, 0.25) is 0 Å². The summed E-state index contributed by atoms with van der Waals surface area (Å²) in [6.45, 7) is 8.23. The van der Waals surface area contributed by atoms with E-state index in [2.05, 4.69) is 37.1 Å². The highest BCUT2D eigenvalue weighted by Gasteiger charge is 2.28. The average molecular weight is 248 g/mol. The van der Waals surface area contributed by atoms with Crippen molar-refractivity contribution in [3.63, 3.8) is 0 Å². The number of pyridine rings is 1. The Morgan fingerprint density at radius 1 is 1.50 bits per heavy atom. The largest absolute Gasteiger partial charge is 0.375 e. The first-order valence-corrected chi connectivity index (χ1v) is 6.91. The van der Waals surface area contributed by atoms with Crippen molar-refractivity contribution < 1.29 is 4.74 Å². The minimum atomic E-state index is 0.00756. The molecule has 100 valence electrons. The predicted molar refractivity (Wildman–Crippen MR) is 73.5 cm³/mol. The predicted octanol–water partition coefficient (Wildman–Crippen LogP) is 2.69. The lowest BCUT2D eigenvalue weighted by atomic mass is 9.94. The Morgan fingerprint density at radius 2 is 2.33 bits per heavy atom. The van der Waals surface area contributed by atoms with Crippen LogP contribution in [0.5, 0.6) is 0 Å². The van der Waals surface area contributed by atoms with Gasteiger partial charge in [0.1, 0.15) is 0 Å². The van der Waals surface area contributed by atoms with E-state index in [0.29, 0.717) is 6.04 Å². The van der Waals surface area contributed by atoms with E-state index in [1.165, 1.54) is 11.3 Å². The van der Waals surface area contributed by atoms with E-state index in [1.54, 1.807) is 0 Å². The number of hydrogen-bond donors (Lipinski definition) is 1. The quantitative estimate of drug-likeness (QED) is 0.889. The Kier molecular flexibility index (Phi) is 4.36. The van der Waals surface area contributed by atoms with E-state index in [-0.39, 0.29) is 5.60 Å². The number of ether oxygens (including phenoxy) is 1. The van der Waals surface area contributed by atoms with Gasteiger partial charge in [-0.1, -0.05) is 13.0 Å². The molecule has 1 aromatic heterocycles. The van der Waals surface area contributed by atoms with Crippen molar-refractivity contribution in [2.24, 2.45) is 0 Å². The zero-order chi connectivity index (χ0) is 13.0. The molecule has 0 spiro atoms. The molecule has 2 rings (SSSR count). The summed E-state index contributed by atoms with van der Waals surface area (Å²) in [7, 11) is 0. The van der Waals surface area contributed by atoms with E-state index < -0.39 is 0 Å². The van der Waals surface area contributed by atoms with Crippen molar-refractivity contribution >= 4 is 0 Å². The molecule has 3 heteroatoms. The van der Waals surface area contributed by atoms with Crippen molar-refractivity contribution in [2.45, 2.75) is 58.2 Å². The maximum absolute atomic E-state index is 5.74. The molecule has 0 amide bonds. The normalized spacial score (nSPS) is 22.9. The first-order chi connectivity index (χ1) is 8.61. The lowest BCUT2D eigenvalue weighted by Gasteiger charge is -2.36. The molecular formula is C15H24N2O. The minimum Gasteiger partial charge on any atom is -0.375 e. The molecule has 0 aliphatic carbocycles. The second-order valence-electron chi connectivity index (χ2n) is 5.64. The average Bonchev–Trinajstić information content (AvgIpc) is 2.35. The Balaban J connectivity index is 1.91. The van der Waals surface area contributed by atoms with Gasteiger partial charge in [0.15, 0.2) is 0 Å². The van der Waals surface area contributed by atoms with Crippen molar-refractivity contribution in [3.8, 4) is 0 Å². The second kappa shape index (κ2) is 5.81. The van der Waals surface area contributed by atoms with Gasteiger partial charge in [0.2, 0.25) is 0 Å². The molecule has 1 N–H and O–H groups in total. The van der Waals surface area contributed by atoms with Crippen molar-refractivity contribution in [1.82, 2.24) is 10.3 Å². The SMILES string of the molecule is CCc1cccnc1CNC1CCOC(C)(C)C1. The van der Waals surface area contributed by atoms with E-state index in [0.717, 1.165) is 32.4 Å². The van der Waals surface area contributed by atoms with Crippen LogP contribution in [0.25, 0.3) is 0 Å². The molecule has 1 unspecified atom stereocenters. The molecule has 18 heavy (non-hydrogen) atoms. The minimum absolute atomic E-state index is 0.00756. The van der Waals surface area contributed by atoms with Gasteiger partial charge in [0.05, 0.1) is 11.3 Å². The van der Waals surface area contributed by atoms with Gasteiger partial charge in [-0.15, -0.1) is 0 Å². The molecule has 0 saturated carbocycles. The number of rotatable bonds is 4. The van der Waals surface area contributed by atoms with Gasteiger partial charge >= 0.3 is 0 Å². The molecule has 1 aliphatic rings. The third kappa shape index (κ3) is 3.53. The fourth-order valence-electron chi connectivity index (χ4n) is 2.60. The van der Waals surface area contributed by atoms with Crippen LogP contribution in [0.3, 0.4) is 0 Å². The van der Waals surface area contributed by atoms with Crippen molar-refractivity contribution in [2.75, 3.05) is 6.61 Å². The van der Waals surface area contributed by atoms with Gasteiger partial charge in [0, 0.05) is 25.4 Å². The van der Waals surface area contributed by atoms with Crippen molar-refractivity contribution in [1.29, 1.82) is 0 Å². The second-order valence-corrected chi connectivity index (χ2v) is 5.64. The van der Waals surface area contributed by atoms with Gasteiger partial charge < -0.3 is 10.1 Å². The number of nitrogens with one attached hydrogen (secondary N) is 1. The summed E-state index contributed by atoms with van der Waals surface area (Å²) in [5.74, 6) is 0. The molecule has 1 aliphatic heterocycles. The molecule has 0 aromatic carbocycles. The van der Waals surface area contributed by atoms with Crippen LogP contribution in [-0.4, -0.2) is 23.2 Å². The molecule has 1 atom stereocenters. The molecule has 0 radical (unpaired) electrons. The standard InChI is InChI=1S/C15H24N2O/c1-4-12-6-5-8-16-14(12)11-17-13-7-9-18-15(2,3)10-13/h5-6,8,13,17H,4,7,9-11H2,1-3H3. The Morgan fingerprint density at radius 3 is 3.06 bits per heavy atom. The van der Waals surface area contributed by atoms with E-state index in [1.807, 2.05) is 12.3 Å². The number of nitrogens with zero attached hydrogens (tertiary/aromatic N) is 1. The van der Waals surface area contributed by atoms with Crippen molar-refractivity contribution in [3.05, 3.63) is 29.6 Å². The summed E-state index contributed by atoms with van der Waals surface area (Å²) in [6, 6.07) is 4.72. The highest BCUT2D eigenvalue weighted by Crippen LogP contribution is 2.24. The van der Waals surface area contributed by atoms with Gasteiger partial charge in [-0.3, -0.25) is 4.98 Å². The fraction of sp³-hybridized carbons (Fsp3) is 0.667. The Bertz CT molecular complexity index is 390. The number of aromatic nitrogens is 1. The highest BCUT2D eigenvalue weighted by atomic mass is 16.5. The molecule has 1 aromatic rings. The fourth-order valence-corrected chi connectivity index (χ4v) is 2.60. The number of hydrogen-bond acceptors (Lipinski definition) is 3. The lowest BCUT2D eigenvalue weighted by molar-refractivity contribution is -0.0631. The zero-order valence-corrected chi connectivity index (χ0v) is 11.7. The highest BCUT2D eigenvalue weighted by molar-refractivity contribution is 5.19. The summed E-state index contributed by atoms with van der Waals surface area (Å²) in [5.41, 5.74) is 2.54. The van der Waals surface area contributed by atoms with E-state index >= 15 is 0 Å². The third-order valence-electron chi connectivity index (χ3n) is 3.62. The summed E-state index contributed by atoms with van der Waals surface area (Å²) >= 11 is 0. The van der Waals surface area contributed by atoms with Gasteiger partial charge in [-0.05, 0) is 44.7 Å². The first kappa shape index (κ1) is 13.5. The molecule has 0 bridgehead atoms. The molecule has 3 nitrogen and oxygen atoms in total. The Hall–Kier alpha value is -0.930. The molecular weight excluding hydrogens is 224 g/mol. The monoisotopic (exact) mass is 248 g/mol. The van der Waals surface area contributed by atoms with Gasteiger partial charge in [-0.2, -0.15) is 0 Å². The van der Waals surface area contributed by atoms with Crippen LogP contribution in [0.15, 0.2) is 18.3 Å². The smallest absolute Gasteiger partial charge is 0.0641 e. The topological polar surface area (TPSA) is 34.2 Å². The van der Waals surface area contributed by atoms with Gasteiger partial charge in [0.25, 0.3) is 0 Å².